The van der Waals surface area contributed by atoms with Crippen molar-refractivity contribution in [2.75, 3.05) is 10.8 Å². The summed E-state index contributed by atoms with van der Waals surface area (Å²) in [5, 5.41) is 3.76. The first-order chi connectivity index (χ1) is 19.6. The van der Waals surface area contributed by atoms with Gasteiger partial charge in [-0.3, -0.25) is 13.9 Å². The van der Waals surface area contributed by atoms with Gasteiger partial charge in [0, 0.05) is 12.6 Å². The number of nitrogens with zero attached hydrogens (tertiary/aromatic N) is 2. The minimum Gasteiger partial charge on any atom is -0.352 e. The summed E-state index contributed by atoms with van der Waals surface area (Å²) in [4.78, 5) is 28.8. The molecule has 4 rings (SSSR count). The number of hydrogen-bond donors (Lipinski definition) is 1. The molecule has 0 aliphatic heterocycles. The highest BCUT2D eigenvalue weighted by Crippen LogP contribution is 2.27. The molecule has 218 valence electrons. The van der Waals surface area contributed by atoms with Crippen LogP contribution in [0.2, 0.25) is 10.0 Å². The minimum atomic E-state index is -4.11. The fourth-order valence-electron chi connectivity index (χ4n) is 4.96. The standard InChI is InChI=1S/C31H35Cl2N3O4S/c1-3-23-13-16-26(17-14-23)36(41(39,40)27-11-5-4-6-12-27)21-30(37)35(20-24-15-18-28(32)29(33)19-24)22(2)31(38)34-25-9-7-8-10-25/h4-6,11-19,22,25H,3,7-10,20-21H2,1-2H3,(H,34,38). The Hall–Kier alpha value is -3.07. The summed E-state index contributed by atoms with van der Waals surface area (Å²) in [6, 6.07) is 19.3. The quantitative estimate of drug-likeness (QED) is 0.277. The van der Waals surface area contributed by atoms with Gasteiger partial charge in [-0.25, -0.2) is 8.42 Å². The lowest BCUT2D eigenvalue weighted by atomic mass is 10.1. The van der Waals surface area contributed by atoms with Gasteiger partial charge in [0.1, 0.15) is 12.6 Å². The van der Waals surface area contributed by atoms with Gasteiger partial charge < -0.3 is 10.2 Å². The molecule has 7 nitrogen and oxygen atoms in total. The van der Waals surface area contributed by atoms with Crippen LogP contribution in [0.25, 0.3) is 0 Å². The molecule has 1 saturated carbocycles. The van der Waals surface area contributed by atoms with Crippen molar-refractivity contribution < 1.29 is 18.0 Å². The predicted octanol–water partition coefficient (Wildman–Crippen LogP) is 6.23. The van der Waals surface area contributed by atoms with Gasteiger partial charge in [-0.1, -0.05) is 79.4 Å². The molecular weight excluding hydrogens is 581 g/mol. The Morgan fingerprint density at radius 1 is 0.927 bits per heavy atom. The summed E-state index contributed by atoms with van der Waals surface area (Å²) >= 11 is 12.4. The first kappa shape index (κ1) is 30.9. The molecule has 0 aromatic heterocycles. The number of halogens is 2. The first-order valence-electron chi connectivity index (χ1n) is 13.8. The molecule has 10 heteroatoms. The molecule has 0 bridgehead atoms. The van der Waals surface area contributed by atoms with Crippen molar-refractivity contribution in [1.29, 1.82) is 0 Å². The monoisotopic (exact) mass is 615 g/mol. The normalized spacial score (nSPS) is 14.4. The molecule has 3 aromatic rings. The number of anilines is 1. The Bertz CT molecular complexity index is 1460. The predicted molar refractivity (Wildman–Crippen MR) is 164 cm³/mol. The number of aryl methyl sites for hydroxylation is 1. The molecule has 41 heavy (non-hydrogen) atoms. The minimum absolute atomic E-state index is 0.0446. The highest BCUT2D eigenvalue weighted by atomic mass is 35.5. The molecular formula is C31H35Cl2N3O4S. The lowest BCUT2D eigenvalue weighted by Crippen LogP contribution is -2.52. The Kier molecular flexibility index (Phi) is 10.3. The summed E-state index contributed by atoms with van der Waals surface area (Å²) < 4.78 is 28.8. The molecule has 1 fully saturated rings. The number of hydrogen-bond acceptors (Lipinski definition) is 4. The van der Waals surface area contributed by atoms with E-state index in [1.54, 1.807) is 55.5 Å². The maximum absolute atomic E-state index is 14.0. The molecule has 1 aliphatic rings. The molecule has 0 radical (unpaired) electrons. The van der Waals surface area contributed by atoms with E-state index in [0.29, 0.717) is 21.3 Å². The van der Waals surface area contributed by atoms with Crippen molar-refractivity contribution in [1.82, 2.24) is 10.2 Å². The topological polar surface area (TPSA) is 86.8 Å². The fraction of sp³-hybridized carbons (Fsp3) is 0.355. The Labute approximate surface area is 252 Å². The van der Waals surface area contributed by atoms with Crippen LogP contribution in [-0.4, -0.2) is 43.8 Å². The molecule has 1 unspecified atom stereocenters. The van der Waals surface area contributed by atoms with E-state index in [2.05, 4.69) is 5.32 Å². The van der Waals surface area contributed by atoms with Crippen LogP contribution in [0.1, 0.15) is 50.7 Å². The molecule has 2 amide bonds. The van der Waals surface area contributed by atoms with Gasteiger partial charge in [0.15, 0.2) is 0 Å². The Morgan fingerprint density at radius 3 is 2.17 bits per heavy atom. The molecule has 0 spiro atoms. The number of benzene rings is 3. The van der Waals surface area contributed by atoms with E-state index in [4.69, 9.17) is 23.2 Å². The Morgan fingerprint density at radius 2 is 1.56 bits per heavy atom. The van der Waals surface area contributed by atoms with Crippen molar-refractivity contribution in [3.05, 3.63) is 94.0 Å². The molecule has 3 aromatic carbocycles. The van der Waals surface area contributed by atoms with Gasteiger partial charge in [0.2, 0.25) is 11.8 Å². The highest BCUT2D eigenvalue weighted by molar-refractivity contribution is 7.92. The third-order valence-electron chi connectivity index (χ3n) is 7.45. The average Bonchev–Trinajstić information content (AvgIpc) is 3.49. The number of carbonyl (C=O) groups is 2. The average molecular weight is 617 g/mol. The van der Waals surface area contributed by atoms with E-state index >= 15 is 0 Å². The second-order valence-electron chi connectivity index (χ2n) is 10.3. The van der Waals surface area contributed by atoms with E-state index in [1.807, 2.05) is 19.1 Å². The van der Waals surface area contributed by atoms with Gasteiger partial charge in [0.25, 0.3) is 10.0 Å². The first-order valence-corrected chi connectivity index (χ1v) is 16.0. The van der Waals surface area contributed by atoms with Crippen LogP contribution < -0.4 is 9.62 Å². The van der Waals surface area contributed by atoms with Crippen LogP contribution in [0.4, 0.5) is 5.69 Å². The number of amides is 2. The molecule has 1 aliphatic carbocycles. The van der Waals surface area contributed by atoms with Crippen molar-refractivity contribution in [2.24, 2.45) is 0 Å². The van der Waals surface area contributed by atoms with E-state index in [0.717, 1.165) is 42.0 Å². The van der Waals surface area contributed by atoms with E-state index in [9.17, 15) is 18.0 Å². The van der Waals surface area contributed by atoms with Gasteiger partial charge in [0.05, 0.1) is 20.6 Å². The van der Waals surface area contributed by atoms with Crippen LogP contribution in [0.5, 0.6) is 0 Å². The lowest BCUT2D eigenvalue weighted by Gasteiger charge is -2.32. The fourth-order valence-corrected chi connectivity index (χ4v) is 6.71. The van der Waals surface area contributed by atoms with Gasteiger partial charge in [-0.15, -0.1) is 0 Å². The zero-order valence-electron chi connectivity index (χ0n) is 23.2. The third-order valence-corrected chi connectivity index (χ3v) is 9.98. The molecule has 1 N–H and O–H groups in total. The third kappa shape index (κ3) is 7.61. The smallest absolute Gasteiger partial charge is 0.264 e. The van der Waals surface area contributed by atoms with Crippen molar-refractivity contribution in [3.8, 4) is 0 Å². The summed E-state index contributed by atoms with van der Waals surface area (Å²) in [7, 11) is -4.11. The number of rotatable bonds is 11. The number of sulfonamides is 1. The summed E-state index contributed by atoms with van der Waals surface area (Å²) in [5.74, 6) is -0.806. The maximum Gasteiger partial charge on any atom is 0.264 e. The zero-order chi connectivity index (χ0) is 29.6. The molecule has 0 saturated heterocycles. The molecule has 1 atom stereocenters. The van der Waals surface area contributed by atoms with E-state index in [1.165, 1.54) is 17.0 Å². The number of carbonyl (C=O) groups excluding carboxylic acids is 2. The van der Waals surface area contributed by atoms with Crippen LogP contribution in [-0.2, 0) is 32.6 Å². The largest absolute Gasteiger partial charge is 0.352 e. The summed E-state index contributed by atoms with van der Waals surface area (Å²) in [6.45, 7) is 3.22. The van der Waals surface area contributed by atoms with Crippen LogP contribution in [0.15, 0.2) is 77.7 Å². The van der Waals surface area contributed by atoms with Gasteiger partial charge in [-0.2, -0.15) is 0 Å². The van der Waals surface area contributed by atoms with Crippen molar-refractivity contribution >= 4 is 50.7 Å². The van der Waals surface area contributed by atoms with E-state index < -0.39 is 28.5 Å². The van der Waals surface area contributed by atoms with Crippen LogP contribution in [0, 0.1) is 0 Å². The zero-order valence-corrected chi connectivity index (χ0v) is 25.6. The van der Waals surface area contributed by atoms with Crippen LogP contribution >= 0.6 is 23.2 Å². The van der Waals surface area contributed by atoms with Gasteiger partial charge in [-0.05, 0) is 73.7 Å². The number of nitrogens with one attached hydrogen (secondary N) is 1. The molecule has 0 heterocycles. The second kappa shape index (κ2) is 13.7. The van der Waals surface area contributed by atoms with Crippen molar-refractivity contribution in [2.45, 2.75) is 69.5 Å². The Balaban J connectivity index is 1.69. The van der Waals surface area contributed by atoms with E-state index in [-0.39, 0.29) is 23.4 Å². The second-order valence-corrected chi connectivity index (χ2v) is 13.0. The SMILES string of the molecule is CCc1ccc(N(CC(=O)N(Cc2ccc(Cl)c(Cl)c2)C(C)C(=O)NC2CCCC2)S(=O)(=O)c2ccccc2)cc1. The lowest BCUT2D eigenvalue weighted by molar-refractivity contribution is -0.139. The maximum atomic E-state index is 14.0. The van der Waals surface area contributed by atoms with Crippen LogP contribution in [0.3, 0.4) is 0 Å². The summed E-state index contributed by atoms with van der Waals surface area (Å²) in [5.41, 5.74) is 2.06. The summed E-state index contributed by atoms with van der Waals surface area (Å²) in [6.07, 6.45) is 4.69. The highest BCUT2D eigenvalue weighted by Gasteiger charge is 2.33. The van der Waals surface area contributed by atoms with Crippen molar-refractivity contribution in [3.63, 3.8) is 0 Å². The van der Waals surface area contributed by atoms with Gasteiger partial charge >= 0.3 is 0 Å².